The molecule has 0 N–H and O–H groups in total. The average Bonchev–Trinajstić information content (AvgIpc) is 2.12. The fourth-order valence-corrected chi connectivity index (χ4v) is 5.79. The highest BCUT2D eigenvalue weighted by atomic mass is 14.5. The van der Waals surface area contributed by atoms with Gasteiger partial charge in [-0.05, 0) is 73.0 Å². The van der Waals surface area contributed by atoms with E-state index in [0.717, 1.165) is 11.8 Å². The third-order valence-electron chi connectivity index (χ3n) is 5.70. The van der Waals surface area contributed by atoms with Crippen molar-refractivity contribution >= 4 is 0 Å². The van der Waals surface area contributed by atoms with E-state index in [2.05, 4.69) is 41.5 Å². The van der Waals surface area contributed by atoms with Crippen molar-refractivity contribution in [3.05, 3.63) is 0 Å². The summed E-state index contributed by atoms with van der Waals surface area (Å²) in [6.07, 6.45) is 10.4. The molecular weight excluding hydrogens is 216 g/mol. The van der Waals surface area contributed by atoms with Gasteiger partial charge in [-0.2, -0.15) is 0 Å². The van der Waals surface area contributed by atoms with Gasteiger partial charge in [-0.1, -0.05) is 41.5 Å². The van der Waals surface area contributed by atoms with Crippen LogP contribution in [0.3, 0.4) is 0 Å². The molecule has 0 amide bonds. The predicted octanol–water partition coefficient (Wildman–Crippen LogP) is 6.06. The van der Waals surface area contributed by atoms with Crippen molar-refractivity contribution in [2.45, 2.75) is 86.5 Å². The zero-order chi connectivity index (χ0) is 13.6. The minimum Gasteiger partial charge on any atom is -0.0625 e. The van der Waals surface area contributed by atoms with E-state index >= 15 is 0 Å². The molecule has 2 saturated carbocycles. The molecule has 2 aliphatic carbocycles. The van der Waals surface area contributed by atoms with E-state index in [1.54, 1.807) is 0 Å². The normalized spacial score (nSPS) is 30.8. The van der Waals surface area contributed by atoms with Crippen LogP contribution in [0, 0.1) is 28.1 Å². The summed E-state index contributed by atoms with van der Waals surface area (Å²) in [5.41, 5.74) is 1.81. The molecular formula is C18H34. The lowest BCUT2D eigenvalue weighted by molar-refractivity contribution is -0.0371. The maximum atomic E-state index is 2.50. The maximum absolute atomic E-state index is 2.50. The Kier molecular flexibility index (Phi) is 3.63. The molecule has 18 heavy (non-hydrogen) atoms. The number of hydrogen-bond donors (Lipinski definition) is 0. The summed E-state index contributed by atoms with van der Waals surface area (Å²) >= 11 is 0. The summed E-state index contributed by atoms with van der Waals surface area (Å²) in [6.45, 7) is 14.8. The monoisotopic (exact) mass is 250 g/mol. The van der Waals surface area contributed by atoms with E-state index in [1.165, 1.54) is 44.9 Å². The molecule has 0 saturated heterocycles. The highest BCUT2D eigenvalue weighted by Crippen LogP contribution is 2.60. The van der Waals surface area contributed by atoms with E-state index in [0.29, 0.717) is 16.2 Å². The van der Waals surface area contributed by atoms with Crippen molar-refractivity contribution in [2.24, 2.45) is 28.1 Å². The first-order valence-electron chi connectivity index (χ1n) is 8.13. The van der Waals surface area contributed by atoms with Crippen LogP contribution in [0.25, 0.3) is 0 Å². The second-order valence-corrected chi connectivity index (χ2v) is 9.44. The highest BCUT2D eigenvalue weighted by Gasteiger charge is 2.48. The van der Waals surface area contributed by atoms with Gasteiger partial charge in [0.05, 0.1) is 0 Å². The Hall–Kier alpha value is 0. The fourth-order valence-electron chi connectivity index (χ4n) is 5.79. The third-order valence-corrected chi connectivity index (χ3v) is 5.70. The zero-order valence-electron chi connectivity index (χ0n) is 13.6. The molecule has 0 radical (unpaired) electrons. The Bertz CT molecular complexity index is 269. The van der Waals surface area contributed by atoms with Crippen LogP contribution in [-0.2, 0) is 0 Å². The van der Waals surface area contributed by atoms with Crippen LogP contribution in [0.15, 0.2) is 0 Å². The van der Waals surface area contributed by atoms with Crippen molar-refractivity contribution in [1.82, 2.24) is 0 Å². The van der Waals surface area contributed by atoms with Gasteiger partial charge < -0.3 is 0 Å². The highest BCUT2D eigenvalue weighted by molar-refractivity contribution is 4.99. The van der Waals surface area contributed by atoms with E-state index in [9.17, 15) is 0 Å². The van der Waals surface area contributed by atoms with Gasteiger partial charge in [-0.15, -0.1) is 0 Å². The SMILES string of the molecule is CC(C)C1CCC2(CC1)CC(C)(C)CC(C)(C)C2. The molecule has 0 heterocycles. The third kappa shape index (κ3) is 3.11. The molecule has 0 unspecified atom stereocenters. The quantitative estimate of drug-likeness (QED) is 0.531. The summed E-state index contributed by atoms with van der Waals surface area (Å²) in [4.78, 5) is 0. The number of hydrogen-bond acceptors (Lipinski definition) is 0. The fraction of sp³-hybridized carbons (Fsp3) is 1.00. The molecule has 2 fully saturated rings. The minimum atomic E-state index is 0.562. The Balaban J connectivity index is 2.08. The lowest BCUT2D eigenvalue weighted by Gasteiger charge is -2.55. The molecule has 2 aliphatic rings. The van der Waals surface area contributed by atoms with E-state index in [-0.39, 0.29) is 0 Å². The summed E-state index contributed by atoms with van der Waals surface area (Å²) in [7, 11) is 0. The molecule has 0 heteroatoms. The first-order chi connectivity index (χ1) is 8.13. The molecule has 1 spiro atoms. The van der Waals surface area contributed by atoms with Gasteiger partial charge in [0.15, 0.2) is 0 Å². The van der Waals surface area contributed by atoms with E-state index < -0.39 is 0 Å². The molecule has 0 atom stereocenters. The lowest BCUT2D eigenvalue weighted by atomic mass is 9.50. The molecule has 0 bridgehead atoms. The first-order valence-corrected chi connectivity index (χ1v) is 8.13. The minimum absolute atomic E-state index is 0.562. The van der Waals surface area contributed by atoms with Crippen LogP contribution < -0.4 is 0 Å². The van der Waals surface area contributed by atoms with Gasteiger partial charge in [0.25, 0.3) is 0 Å². The summed E-state index contributed by atoms with van der Waals surface area (Å²) in [5, 5.41) is 0. The van der Waals surface area contributed by atoms with Crippen molar-refractivity contribution in [1.29, 1.82) is 0 Å². The van der Waals surface area contributed by atoms with Crippen molar-refractivity contribution in [2.75, 3.05) is 0 Å². The molecule has 0 nitrogen and oxygen atoms in total. The Morgan fingerprint density at radius 1 is 0.778 bits per heavy atom. The van der Waals surface area contributed by atoms with E-state index in [1.807, 2.05) is 0 Å². The second-order valence-electron chi connectivity index (χ2n) is 9.44. The topological polar surface area (TPSA) is 0 Å². The van der Waals surface area contributed by atoms with Crippen molar-refractivity contribution in [3.63, 3.8) is 0 Å². The van der Waals surface area contributed by atoms with Crippen molar-refractivity contribution < 1.29 is 0 Å². The molecule has 2 rings (SSSR count). The van der Waals surface area contributed by atoms with Crippen LogP contribution in [0.4, 0.5) is 0 Å². The Morgan fingerprint density at radius 3 is 1.61 bits per heavy atom. The summed E-state index contributed by atoms with van der Waals surface area (Å²) in [5.74, 6) is 1.90. The van der Waals surface area contributed by atoms with Gasteiger partial charge in [0.2, 0.25) is 0 Å². The molecule has 106 valence electrons. The Morgan fingerprint density at radius 2 is 1.22 bits per heavy atom. The largest absolute Gasteiger partial charge is 0.0625 e. The molecule has 0 aromatic carbocycles. The van der Waals surface area contributed by atoms with Gasteiger partial charge in [0, 0.05) is 0 Å². The lowest BCUT2D eigenvalue weighted by Crippen LogP contribution is -2.43. The van der Waals surface area contributed by atoms with Crippen LogP contribution in [-0.4, -0.2) is 0 Å². The van der Waals surface area contributed by atoms with Crippen molar-refractivity contribution in [3.8, 4) is 0 Å². The van der Waals surface area contributed by atoms with E-state index in [4.69, 9.17) is 0 Å². The molecule has 0 aromatic heterocycles. The smallest absolute Gasteiger partial charge is 0.0287 e. The van der Waals surface area contributed by atoms with Gasteiger partial charge in [-0.25, -0.2) is 0 Å². The van der Waals surface area contributed by atoms with Crippen LogP contribution in [0.5, 0.6) is 0 Å². The maximum Gasteiger partial charge on any atom is -0.0287 e. The summed E-state index contributed by atoms with van der Waals surface area (Å²) < 4.78 is 0. The van der Waals surface area contributed by atoms with Gasteiger partial charge >= 0.3 is 0 Å². The van der Waals surface area contributed by atoms with Gasteiger partial charge in [0.1, 0.15) is 0 Å². The first kappa shape index (κ1) is 14.4. The predicted molar refractivity (Wildman–Crippen MR) is 80.6 cm³/mol. The Labute approximate surface area is 115 Å². The molecule has 0 aliphatic heterocycles. The van der Waals surface area contributed by atoms with Crippen LogP contribution in [0.1, 0.15) is 86.5 Å². The number of rotatable bonds is 1. The average molecular weight is 250 g/mol. The van der Waals surface area contributed by atoms with Crippen LogP contribution >= 0.6 is 0 Å². The molecule has 0 aromatic rings. The standard InChI is InChI=1S/C18H34/c1-14(2)15-7-9-18(10-8-15)12-16(3,4)11-17(5,6)13-18/h14-15H,7-13H2,1-6H3. The van der Waals surface area contributed by atoms with Crippen LogP contribution in [0.2, 0.25) is 0 Å². The zero-order valence-corrected chi connectivity index (χ0v) is 13.6. The summed E-state index contributed by atoms with van der Waals surface area (Å²) in [6, 6.07) is 0. The second kappa shape index (κ2) is 4.53. The van der Waals surface area contributed by atoms with Gasteiger partial charge in [-0.3, -0.25) is 0 Å².